The molecule has 0 saturated carbocycles. The van der Waals surface area contributed by atoms with E-state index in [-0.39, 0.29) is 11.0 Å². The van der Waals surface area contributed by atoms with Gasteiger partial charge >= 0.3 is 4.94 Å². The third kappa shape index (κ3) is 2.03. The van der Waals surface area contributed by atoms with E-state index in [1.807, 2.05) is 12.1 Å². The molecule has 1 N–H and O–H groups in total. The van der Waals surface area contributed by atoms with Crippen LogP contribution in [0.1, 0.15) is 11.7 Å². The van der Waals surface area contributed by atoms with E-state index in [0.29, 0.717) is 12.2 Å². The lowest BCUT2D eigenvalue weighted by Gasteiger charge is -2.25. The van der Waals surface area contributed by atoms with Gasteiger partial charge in [-0.2, -0.15) is 0 Å². The first-order chi connectivity index (χ1) is 8.78. The van der Waals surface area contributed by atoms with Gasteiger partial charge in [-0.1, -0.05) is 11.3 Å². The van der Waals surface area contributed by atoms with Crippen molar-refractivity contribution in [2.24, 2.45) is 0 Å². The van der Waals surface area contributed by atoms with Crippen molar-refractivity contribution in [1.29, 1.82) is 0 Å². The van der Waals surface area contributed by atoms with Crippen LogP contribution in [0.5, 0.6) is 5.75 Å². The molecule has 1 unspecified atom stereocenters. The second-order valence-electron chi connectivity index (χ2n) is 4.06. The molecular formula is C12H13NO4S. The number of methoxy groups -OCH3 is 1. The molecule has 3 rings (SSSR count). The van der Waals surface area contributed by atoms with Gasteiger partial charge in [-0.25, -0.2) is 4.79 Å². The second-order valence-corrected chi connectivity index (χ2v) is 5.04. The molecule has 0 spiro atoms. The summed E-state index contributed by atoms with van der Waals surface area (Å²) in [6.07, 6.45) is -0.0664. The number of rotatable bonds is 2. The molecule has 0 aliphatic carbocycles. The molecule has 96 valence electrons. The highest BCUT2D eigenvalue weighted by molar-refractivity contribution is 7.16. The zero-order chi connectivity index (χ0) is 12.5. The molecule has 0 bridgehead atoms. The molecule has 1 atom stereocenters. The van der Waals surface area contributed by atoms with Gasteiger partial charge in [0.2, 0.25) is 0 Å². The van der Waals surface area contributed by atoms with Crippen LogP contribution in [0.25, 0.3) is 10.3 Å². The largest absolute Gasteiger partial charge is 0.496 e. The molecule has 0 amide bonds. The van der Waals surface area contributed by atoms with E-state index in [2.05, 4.69) is 5.32 Å². The van der Waals surface area contributed by atoms with Crippen LogP contribution in [0.3, 0.4) is 0 Å². The fourth-order valence-corrected chi connectivity index (χ4v) is 2.79. The van der Waals surface area contributed by atoms with Gasteiger partial charge in [0.05, 0.1) is 24.5 Å². The van der Waals surface area contributed by atoms with Gasteiger partial charge in [0.25, 0.3) is 0 Å². The molecule has 6 heteroatoms. The molecule has 2 heterocycles. The monoisotopic (exact) mass is 267 g/mol. The minimum atomic E-state index is -0.299. The fourth-order valence-electron chi connectivity index (χ4n) is 2.11. The molecule has 2 aromatic rings. The van der Waals surface area contributed by atoms with Gasteiger partial charge in [0.1, 0.15) is 11.3 Å². The van der Waals surface area contributed by atoms with E-state index in [1.54, 1.807) is 7.11 Å². The highest BCUT2D eigenvalue weighted by Gasteiger charge is 2.21. The first-order valence-corrected chi connectivity index (χ1v) is 6.53. The van der Waals surface area contributed by atoms with Crippen molar-refractivity contribution in [3.8, 4) is 5.75 Å². The zero-order valence-electron chi connectivity index (χ0n) is 9.89. The summed E-state index contributed by atoms with van der Waals surface area (Å²) in [5, 5.41) is 3.27. The van der Waals surface area contributed by atoms with Gasteiger partial charge in [0, 0.05) is 24.7 Å². The van der Waals surface area contributed by atoms with Crippen LogP contribution in [-0.4, -0.2) is 26.8 Å². The van der Waals surface area contributed by atoms with Crippen LogP contribution in [0.4, 0.5) is 0 Å². The average molecular weight is 267 g/mol. The predicted octanol–water partition coefficient (Wildman–Crippen LogP) is 1.52. The topological polar surface area (TPSA) is 60.7 Å². The molecule has 5 nitrogen and oxygen atoms in total. The van der Waals surface area contributed by atoms with Crippen LogP contribution in [-0.2, 0) is 4.74 Å². The molecule has 1 aromatic carbocycles. The van der Waals surface area contributed by atoms with Crippen LogP contribution in [0.2, 0.25) is 0 Å². The summed E-state index contributed by atoms with van der Waals surface area (Å²) in [7, 11) is 1.61. The molecule has 1 fully saturated rings. The number of benzene rings is 1. The summed E-state index contributed by atoms with van der Waals surface area (Å²) >= 11 is 1.08. The summed E-state index contributed by atoms with van der Waals surface area (Å²) in [6, 6.07) is 3.67. The Kier molecular flexibility index (Phi) is 3.07. The minimum absolute atomic E-state index is 0.0664. The lowest BCUT2D eigenvalue weighted by Crippen LogP contribution is -2.33. The van der Waals surface area contributed by atoms with Crippen molar-refractivity contribution in [3.63, 3.8) is 0 Å². The quantitative estimate of drug-likeness (QED) is 0.894. The van der Waals surface area contributed by atoms with Crippen LogP contribution in [0, 0.1) is 0 Å². The molecule has 1 aromatic heterocycles. The smallest absolute Gasteiger partial charge is 0.396 e. The number of morpholine rings is 1. The van der Waals surface area contributed by atoms with Crippen molar-refractivity contribution in [3.05, 3.63) is 27.4 Å². The fraction of sp³-hybridized carbons (Fsp3) is 0.417. The third-order valence-electron chi connectivity index (χ3n) is 2.96. The molecular weight excluding hydrogens is 254 g/mol. The summed E-state index contributed by atoms with van der Waals surface area (Å²) < 4.78 is 17.0. The summed E-state index contributed by atoms with van der Waals surface area (Å²) in [4.78, 5) is 10.9. The van der Waals surface area contributed by atoms with Crippen molar-refractivity contribution < 1.29 is 13.9 Å². The SMILES string of the molecule is COc1cc2sc(=O)oc2cc1C1CNCCO1. The number of ether oxygens (including phenoxy) is 2. The maximum atomic E-state index is 11.2. The van der Waals surface area contributed by atoms with E-state index >= 15 is 0 Å². The first kappa shape index (κ1) is 11.7. The Bertz CT molecular complexity index is 612. The van der Waals surface area contributed by atoms with Gasteiger partial charge in [0.15, 0.2) is 0 Å². The lowest BCUT2D eigenvalue weighted by atomic mass is 10.1. The Morgan fingerprint density at radius 1 is 1.50 bits per heavy atom. The Hall–Kier alpha value is -1.37. The second kappa shape index (κ2) is 4.72. The van der Waals surface area contributed by atoms with E-state index in [0.717, 1.165) is 40.4 Å². The molecule has 0 radical (unpaired) electrons. The predicted molar refractivity (Wildman–Crippen MR) is 68.5 cm³/mol. The zero-order valence-corrected chi connectivity index (χ0v) is 10.7. The Morgan fingerprint density at radius 3 is 3.11 bits per heavy atom. The third-order valence-corrected chi connectivity index (χ3v) is 3.75. The average Bonchev–Trinajstić information content (AvgIpc) is 2.77. The van der Waals surface area contributed by atoms with Gasteiger partial charge < -0.3 is 19.2 Å². The molecule has 1 saturated heterocycles. The molecule has 1 aliphatic heterocycles. The Morgan fingerprint density at radius 2 is 2.39 bits per heavy atom. The highest BCUT2D eigenvalue weighted by Crippen LogP contribution is 2.33. The number of hydrogen-bond acceptors (Lipinski definition) is 6. The maximum Gasteiger partial charge on any atom is 0.396 e. The van der Waals surface area contributed by atoms with Crippen LogP contribution in [0.15, 0.2) is 21.3 Å². The van der Waals surface area contributed by atoms with E-state index in [9.17, 15) is 4.79 Å². The first-order valence-electron chi connectivity index (χ1n) is 5.72. The van der Waals surface area contributed by atoms with E-state index < -0.39 is 0 Å². The van der Waals surface area contributed by atoms with E-state index in [4.69, 9.17) is 13.9 Å². The Balaban J connectivity index is 2.10. The Labute approximate surface area is 107 Å². The van der Waals surface area contributed by atoms with Gasteiger partial charge in [-0.3, -0.25) is 0 Å². The summed E-state index contributed by atoms with van der Waals surface area (Å²) in [5.74, 6) is 0.730. The van der Waals surface area contributed by atoms with Crippen LogP contribution >= 0.6 is 11.3 Å². The van der Waals surface area contributed by atoms with Crippen molar-refractivity contribution in [2.45, 2.75) is 6.10 Å². The lowest BCUT2D eigenvalue weighted by molar-refractivity contribution is 0.0263. The minimum Gasteiger partial charge on any atom is -0.496 e. The summed E-state index contributed by atoms with van der Waals surface area (Å²) in [5.41, 5.74) is 1.51. The van der Waals surface area contributed by atoms with Crippen molar-refractivity contribution >= 4 is 21.6 Å². The van der Waals surface area contributed by atoms with E-state index in [1.165, 1.54) is 0 Å². The van der Waals surface area contributed by atoms with Gasteiger partial charge in [-0.05, 0) is 6.07 Å². The highest BCUT2D eigenvalue weighted by atomic mass is 32.1. The molecule has 1 aliphatic rings. The number of fused-ring (bicyclic) bond motifs is 1. The molecule has 18 heavy (non-hydrogen) atoms. The number of nitrogens with one attached hydrogen (secondary N) is 1. The normalized spacial score (nSPS) is 20.2. The van der Waals surface area contributed by atoms with Crippen molar-refractivity contribution in [2.75, 3.05) is 26.8 Å². The van der Waals surface area contributed by atoms with Gasteiger partial charge in [-0.15, -0.1) is 0 Å². The standard InChI is InChI=1S/C12H13NO4S/c1-15-8-5-11-9(17-12(14)18-11)4-7(8)10-6-13-2-3-16-10/h4-5,10,13H,2-3,6H2,1H3. The van der Waals surface area contributed by atoms with Crippen molar-refractivity contribution in [1.82, 2.24) is 5.32 Å². The maximum absolute atomic E-state index is 11.2. The number of hydrogen-bond donors (Lipinski definition) is 1. The van der Waals surface area contributed by atoms with Crippen LogP contribution < -0.4 is 15.0 Å². The summed E-state index contributed by atoms with van der Waals surface area (Å²) in [6.45, 7) is 2.25.